The van der Waals surface area contributed by atoms with Gasteiger partial charge < -0.3 is 9.64 Å². The molecule has 0 amide bonds. The molecule has 1 aliphatic heterocycles. The Bertz CT molecular complexity index is 965. The number of aromatic nitrogens is 5. The van der Waals surface area contributed by atoms with Gasteiger partial charge in [0.2, 0.25) is 11.5 Å². The molecule has 1 fully saturated rings. The molecule has 28 heavy (non-hydrogen) atoms. The van der Waals surface area contributed by atoms with Gasteiger partial charge in [0, 0.05) is 31.5 Å². The summed E-state index contributed by atoms with van der Waals surface area (Å²) in [5.74, 6) is 1.84. The molecule has 1 saturated heterocycles. The first-order chi connectivity index (χ1) is 13.4. The molecule has 10 heteroatoms. The summed E-state index contributed by atoms with van der Waals surface area (Å²) in [5, 5.41) is 8.29. The van der Waals surface area contributed by atoms with E-state index in [0.29, 0.717) is 6.61 Å². The maximum Gasteiger partial charge on any atom is 0.433 e. The first-order valence-electron chi connectivity index (χ1n) is 9.00. The fourth-order valence-corrected chi connectivity index (χ4v) is 3.32. The summed E-state index contributed by atoms with van der Waals surface area (Å²) < 4.78 is 45.6. The first kappa shape index (κ1) is 18.5. The number of hydrogen-bond acceptors (Lipinski definition) is 6. The van der Waals surface area contributed by atoms with Gasteiger partial charge in [-0.1, -0.05) is 6.07 Å². The molecule has 0 spiro atoms. The predicted molar refractivity (Wildman–Crippen MR) is 95.2 cm³/mol. The zero-order valence-corrected chi connectivity index (χ0v) is 15.2. The summed E-state index contributed by atoms with van der Waals surface area (Å²) in [5.41, 5.74) is -0.217. The average Bonchev–Trinajstić information content (AvgIpc) is 3.08. The number of nitrogens with zero attached hydrogens (tertiary/aromatic N) is 6. The molecule has 0 aliphatic carbocycles. The van der Waals surface area contributed by atoms with Crippen LogP contribution >= 0.6 is 0 Å². The summed E-state index contributed by atoms with van der Waals surface area (Å²) in [7, 11) is 0. The second-order valence-corrected chi connectivity index (χ2v) is 6.79. The largest absolute Gasteiger partial charge is 0.477 e. The van der Waals surface area contributed by atoms with Crippen molar-refractivity contribution in [2.75, 3.05) is 24.6 Å². The molecule has 4 heterocycles. The second-order valence-electron chi connectivity index (χ2n) is 6.79. The number of rotatable bonds is 4. The van der Waals surface area contributed by atoms with Crippen LogP contribution in [0.4, 0.5) is 19.0 Å². The number of halogens is 3. The molecular formula is C18H19F3N6O. The van der Waals surface area contributed by atoms with Gasteiger partial charge in [0.25, 0.3) is 0 Å². The van der Waals surface area contributed by atoms with Gasteiger partial charge in [-0.2, -0.15) is 13.2 Å². The van der Waals surface area contributed by atoms with Gasteiger partial charge in [-0.15, -0.1) is 10.2 Å². The Hall–Kier alpha value is -2.91. The van der Waals surface area contributed by atoms with Crippen LogP contribution in [0.1, 0.15) is 24.4 Å². The zero-order valence-electron chi connectivity index (χ0n) is 15.2. The van der Waals surface area contributed by atoms with Crippen LogP contribution in [-0.2, 0) is 6.18 Å². The van der Waals surface area contributed by atoms with Gasteiger partial charge in [-0.05, 0) is 31.7 Å². The first-order valence-corrected chi connectivity index (χ1v) is 9.00. The highest BCUT2D eigenvalue weighted by Gasteiger charge is 2.32. The van der Waals surface area contributed by atoms with Crippen LogP contribution in [0.2, 0.25) is 0 Å². The van der Waals surface area contributed by atoms with Crippen molar-refractivity contribution in [3.63, 3.8) is 0 Å². The maximum atomic E-state index is 12.7. The smallest absolute Gasteiger partial charge is 0.433 e. The van der Waals surface area contributed by atoms with E-state index in [2.05, 4.69) is 25.1 Å². The highest BCUT2D eigenvalue weighted by molar-refractivity contribution is 5.63. The van der Waals surface area contributed by atoms with Crippen molar-refractivity contribution >= 4 is 11.5 Å². The fraction of sp³-hybridized carbons (Fsp3) is 0.444. The summed E-state index contributed by atoms with van der Waals surface area (Å²) in [6.45, 7) is 3.75. The Morgan fingerprint density at radius 2 is 1.96 bits per heavy atom. The molecule has 0 aromatic carbocycles. The van der Waals surface area contributed by atoms with Crippen LogP contribution in [0.5, 0.6) is 5.88 Å². The van der Waals surface area contributed by atoms with Crippen molar-refractivity contribution in [3.05, 3.63) is 42.1 Å². The summed E-state index contributed by atoms with van der Waals surface area (Å²) >= 11 is 0. The van der Waals surface area contributed by atoms with Gasteiger partial charge in [-0.3, -0.25) is 4.40 Å². The minimum Gasteiger partial charge on any atom is -0.477 e. The van der Waals surface area contributed by atoms with Crippen LogP contribution in [0, 0.1) is 12.8 Å². The molecule has 1 aliphatic rings. The molecule has 3 aromatic heterocycles. The van der Waals surface area contributed by atoms with E-state index in [-0.39, 0.29) is 11.8 Å². The van der Waals surface area contributed by atoms with Gasteiger partial charge in [0.05, 0.1) is 6.61 Å². The lowest BCUT2D eigenvalue weighted by atomic mass is 9.98. The SMILES string of the molecule is Cc1nnc2c(N3CCC(COc4cccc(C(F)(F)F)n4)CC3)nccn12. The van der Waals surface area contributed by atoms with Gasteiger partial charge in [0.15, 0.2) is 5.82 Å². The summed E-state index contributed by atoms with van der Waals surface area (Å²) in [4.78, 5) is 10.1. The standard InChI is InChI=1S/C18H19F3N6O/c1-12-24-25-17-16(22-7-10-27(12)17)26-8-5-13(6-9-26)11-28-15-4-2-3-14(23-15)18(19,20)21/h2-4,7,10,13H,5-6,8-9,11H2,1H3. The van der Waals surface area contributed by atoms with E-state index >= 15 is 0 Å². The van der Waals surface area contributed by atoms with Crippen molar-refractivity contribution in [2.24, 2.45) is 5.92 Å². The van der Waals surface area contributed by atoms with Crippen LogP contribution in [0.3, 0.4) is 0 Å². The quantitative estimate of drug-likeness (QED) is 0.680. The van der Waals surface area contributed by atoms with Gasteiger partial charge in [0.1, 0.15) is 11.5 Å². The predicted octanol–water partition coefficient (Wildman–Crippen LogP) is 3.14. The number of anilines is 1. The zero-order chi connectivity index (χ0) is 19.7. The molecule has 148 valence electrons. The second kappa shape index (κ2) is 7.25. The minimum atomic E-state index is -4.47. The Morgan fingerprint density at radius 3 is 2.71 bits per heavy atom. The van der Waals surface area contributed by atoms with E-state index in [4.69, 9.17) is 4.74 Å². The molecule has 0 atom stereocenters. The molecule has 0 unspecified atom stereocenters. The van der Waals surface area contributed by atoms with Crippen molar-refractivity contribution in [1.82, 2.24) is 24.6 Å². The topological polar surface area (TPSA) is 68.4 Å². The van der Waals surface area contributed by atoms with Crippen molar-refractivity contribution in [1.29, 1.82) is 0 Å². The van der Waals surface area contributed by atoms with Crippen LogP contribution in [-0.4, -0.2) is 44.3 Å². The lowest BCUT2D eigenvalue weighted by molar-refractivity contribution is -0.141. The molecule has 0 saturated carbocycles. The molecule has 0 N–H and O–H groups in total. The van der Waals surface area contributed by atoms with E-state index in [9.17, 15) is 13.2 Å². The third-order valence-electron chi connectivity index (χ3n) is 4.87. The third kappa shape index (κ3) is 3.71. The van der Waals surface area contributed by atoms with Crippen LogP contribution in [0.25, 0.3) is 5.65 Å². The normalized spacial score (nSPS) is 15.9. The number of pyridine rings is 1. The highest BCUT2D eigenvalue weighted by Crippen LogP contribution is 2.29. The van der Waals surface area contributed by atoms with Crippen LogP contribution < -0.4 is 9.64 Å². The van der Waals surface area contributed by atoms with Crippen molar-refractivity contribution < 1.29 is 17.9 Å². The number of alkyl halides is 3. The molecule has 4 rings (SSSR count). The highest BCUT2D eigenvalue weighted by atomic mass is 19.4. The van der Waals surface area contributed by atoms with E-state index in [1.807, 2.05) is 17.5 Å². The van der Waals surface area contributed by atoms with E-state index < -0.39 is 11.9 Å². The Balaban J connectivity index is 1.36. The number of fused-ring (bicyclic) bond motifs is 1. The molecule has 3 aromatic rings. The van der Waals surface area contributed by atoms with E-state index in [1.54, 1.807) is 6.20 Å². The Morgan fingerprint density at radius 1 is 1.18 bits per heavy atom. The molecule has 0 bridgehead atoms. The molecule has 7 nitrogen and oxygen atoms in total. The number of piperidine rings is 1. The summed E-state index contributed by atoms with van der Waals surface area (Å²) in [6.07, 6.45) is 0.770. The average molecular weight is 392 g/mol. The minimum absolute atomic E-state index is 0.00243. The van der Waals surface area contributed by atoms with Gasteiger partial charge >= 0.3 is 6.18 Å². The Labute approximate surface area is 159 Å². The third-order valence-corrected chi connectivity index (χ3v) is 4.87. The lowest BCUT2D eigenvalue weighted by Crippen LogP contribution is -2.36. The van der Waals surface area contributed by atoms with E-state index in [0.717, 1.165) is 49.3 Å². The summed E-state index contributed by atoms with van der Waals surface area (Å²) in [6, 6.07) is 3.69. The van der Waals surface area contributed by atoms with Crippen LogP contribution in [0.15, 0.2) is 30.6 Å². The van der Waals surface area contributed by atoms with Crippen molar-refractivity contribution in [2.45, 2.75) is 25.9 Å². The Kier molecular flexibility index (Phi) is 4.78. The number of hydrogen-bond donors (Lipinski definition) is 0. The lowest BCUT2D eigenvalue weighted by Gasteiger charge is -2.32. The van der Waals surface area contributed by atoms with E-state index in [1.165, 1.54) is 12.1 Å². The van der Waals surface area contributed by atoms with Gasteiger partial charge in [-0.25, -0.2) is 9.97 Å². The number of ether oxygens (including phenoxy) is 1. The molecule has 0 radical (unpaired) electrons. The number of aryl methyl sites for hydroxylation is 1. The molecular weight excluding hydrogens is 373 g/mol. The maximum absolute atomic E-state index is 12.7. The van der Waals surface area contributed by atoms with Crippen molar-refractivity contribution in [3.8, 4) is 5.88 Å². The fourth-order valence-electron chi connectivity index (χ4n) is 3.32. The monoisotopic (exact) mass is 392 g/mol.